The number of aliphatic hydroxyl groups excluding tert-OH is 1. The van der Waals surface area contributed by atoms with Gasteiger partial charge in [0.05, 0.1) is 26.0 Å². The van der Waals surface area contributed by atoms with Crippen molar-refractivity contribution in [3.8, 4) is 0 Å². The van der Waals surface area contributed by atoms with Crippen molar-refractivity contribution in [2.45, 2.75) is 13.0 Å². The minimum atomic E-state index is -0.0429. The molecule has 0 aliphatic heterocycles. The third-order valence-electron chi connectivity index (χ3n) is 2.31. The van der Waals surface area contributed by atoms with Crippen molar-refractivity contribution in [2.24, 2.45) is 0 Å². The minimum Gasteiger partial charge on any atom is -0.395 e. The summed E-state index contributed by atoms with van der Waals surface area (Å²) in [5.41, 5.74) is 0. The zero-order valence-corrected chi connectivity index (χ0v) is 9.95. The van der Waals surface area contributed by atoms with Crippen molar-refractivity contribution in [3.63, 3.8) is 0 Å². The van der Waals surface area contributed by atoms with Crippen LogP contribution in [0.3, 0.4) is 0 Å². The van der Waals surface area contributed by atoms with Crippen LogP contribution in [0.1, 0.15) is 6.42 Å². The summed E-state index contributed by atoms with van der Waals surface area (Å²) in [5, 5.41) is 16.3. The molecule has 0 atom stereocenters. The fraction of sp³-hybridized carbons (Fsp3) is 0.700. The predicted octanol–water partition coefficient (Wildman–Crippen LogP) is -0.864. The second kappa shape index (κ2) is 7.75. The quantitative estimate of drug-likeness (QED) is 0.641. The van der Waals surface area contributed by atoms with E-state index in [9.17, 15) is 4.79 Å². The van der Waals surface area contributed by atoms with Crippen LogP contribution >= 0.6 is 0 Å². The van der Waals surface area contributed by atoms with Crippen LogP contribution in [0.5, 0.6) is 0 Å². The molecular weight excluding hydrogens is 224 g/mol. The monoisotopic (exact) mass is 242 g/mol. The van der Waals surface area contributed by atoms with E-state index in [4.69, 9.17) is 9.84 Å². The van der Waals surface area contributed by atoms with Gasteiger partial charge in [-0.25, -0.2) is 0 Å². The Hall–Kier alpha value is -1.47. The SMILES string of the molecule is COCCN(CCO)C(=O)CCn1ccnn1. The van der Waals surface area contributed by atoms with Crippen molar-refractivity contribution >= 4 is 5.91 Å². The summed E-state index contributed by atoms with van der Waals surface area (Å²) >= 11 is 0. The van der Waals surface area contributed by atoms with Crippen molar-refractivity contribution in [1.29, 1.82) is 0 Å². The lowest BCUT2D eigenvalue weighted by molar-refractivity contribution is -0.132. The molecule has 0 saturated carbocycles. The van der Waals surface area contributed by atoms with E-state index in [0.29, 0.717) is 32.7 Å². The molecular formula is C10H18N4O3. The molecule has 0 unspecified atom stereocenters. The molecule has 0 aromatic carbocycles. The highest BCUT2D eigenvalue weighted by Gasteiger charge is 2.12. The van der Waals surface area contributed by atoms with E-state index >= 15 is 0 Å². The highest BCUT2D eigenvalue weighted by molar-refractivity contribution is 5.76. The first kappa shape index (κ1) is 13.6. The molecule has 0 saturated heterocycles. The van der Waals surface area contributed by atoms with Gasteiger partial charge in [0.25, 0.3) is 0 Å². The van der Waals surface area contributed by atoms with Gasteiger partial charge < -0.3 is 14.7 Å². The van der Waals surface area contributed by atoms with E-state index in [1.54, 1.807) is 29.1 Å². The van der Waals surface area contributed by atoms with E-state index in [0.717, 1.165) is 0 Å². The molecule has 0 radical (unpaired) electrons. The van der Waals surface area contributed by atoms with Gasteiger partial charge in [-0.05, 0) is 0 Å². The zero-order chi connectivity index (χ0) is 12.5. The van der Waals surface area contributed by atoms with Gasteiger partial charge in [0.1, 0.15) is 0 Å². The Balaban J connectivity index is 2.35. The molecule has 1 aromatic rings. The summed E-state index contributed by atoms with van der Waals surface area (Å²) in [6, 6.07) is 0. The average Bonchev–Trinajstić information content (AvgIpc) is 2.84. The first-order valence-electron chi connectivity index (χ1n) is 5.49. The summed E-state index contributed by atoms with van der Waals surface area (Å²) in [6.45, 7) is 1.74. The lowest BCUT2D eigenvalue weighted by Crippen LogP contribution is -2.36. The lowest BCUT2D eigenvalue weighted by atomic mass is 10.3. The number of hydrogen-bond donors (Lipinski definition) is 1. The van der Waals surface area contributed by atoms with Gasteiger partial charge in [-0.1, -0.05) is 5.21 Å². The molecule has 0 bridgehead atoms. The maximum Gasteiger partial charge on any atom is 0.224 e. The van der Waals surface area contributed by atoms with Crippen LogP contribution in [-0.2, 0) is 16.1 Å². The molecule has 0 fully saturated rings. The molecule has 1 heterocycles. The van der Waals surface area contributed by atoms with Crippen LogP contribution in [0, 0.1) is 0 Å². The van der Waals surface area contributed by atoms with Gasteiger partial charge in [-0.15, -0.1) is 5.10 Å². The van der Waals surface area contributed by atoms with Crippen LogP contribution in [0.15, 0.2) is 12.4 Å². The summed E-state index contributed by atoms with van der Waals surface area (Å²) in [6.07, 6.45) is 3.62. The number of methoxy groups -OCH3 is 1. The van der Waals surface area contributed by atoms with Crippen LogP contribution in [0.2, 0.25) is 0 Å². The predicted molar refractivity (Wildman–Crippen MR) is 60.2 cm³/mol. The molecule has 1 N–H and O–H groups in total. The minimum absolute atomic E-state index is 0.0217. The summed E-state index contributed by atoms with van der Waals surface area (Å²) < 4.78 is 6.52. The molecule has 7 heteroatoms. The van der Waals surface area contributed by atoms with Crippen LogP contribution in [0.4, 0.5) is 0 Å². The van der Waals surface area contributed by atoms with Crippen LogP contribution in [-0.4, -0.2) is 64.3 Å². The first-order valence-corrected chi connectivity index (χ1v) is 5.49. The number of carbonyl (C=O) groups is 1. The van der Waals surface area contributed by atoms with E-state index in [-0.39, 0.29) is 12.5 Å². The van der Waals surface area contributed by atoms with Gasteiger partial charge in [-0.2, -0.15) is 0 Å². The standard InChI is InChI=1S/C10H18N4O3/c1-17-9-7-13(6-8-15)10(16)2-4-14-5-3-11-12-14/h3,5,15H,2,4,6-9H2,1H3. The van der Waals surface area contributed by atoms with Gasteiger partial charge in [0.15, 0.2) is 0 Å². The summed E-state index contributed by atoms with van der Waals surface area (Å²) in [5.74, 6) is -0.0217. The third kappa shape index (κ3) is 4.92. The van der Waals surface area contributed by atoms with Crippen LogP contribution in [0.25, 0.3) is 0 Å². The Morgan fingerprint density at radius 3 is 2.94 bits per heavy atom. The van der Waals surface area contributed by atoms with Gasteiger partial charge in [-0.3, -0.25) is 9.48 Å². The largest absolute Gasteiger partial charge is 0.395 e. The Bertz CT molecular complexity index is 315. The molecule has 1 aromatic heterocycles. The number of nitrogens with zero attached hydrogens (tertiary/aromatic N) is 4. The second-order valence-electron chi connectivity index (χ2n) is 3.51. The molecule has 0 aliphatic rings. The van der Waals surface area contributed by atoms with Crippen molar-refractivity contribution in [1.82, 2.24) is 19.9 Å². The topological polar surface area (TPSA) is 80.5 Å². The van der Waals surface area contributed by atoms with Gasteiger partial charge in [0.2, 0.25) is 5.91 Å². The van der Waals surface area contributed by atoms with E-state index in [1.165, 1.54) is 0 Å². The number of aromatic nitrogens is 3. The Morgan fingerprint density at radius 2 is 2.35 bits per heavy atom. The number of amides is 1. The molecule has 7 nitrogen and oxygen atoms in total. The second-order valence-corrected chi connectivity index (χ2v) is 3.51. The Kier molecular flexibility index (Phi) is 6.19. The molecule has 0 aliphatic carbocycles. The fourth-order valence-corrected chi connectivity index (χ4v) is 1.40. The van der Waals surface area contributed by atoms with Gasteiger partial charge >= 0.3 is 0 Å². The zero-order valence-electron chi connectivity index (χ0n) is 9.95. The maximum absolute atomic E-state index is 11.8. The van der Waals surface area contributed by atoms with Gasteiger partial charge in [0, 0.05) is 32.8 Å². The molecule has 96 valence electrons. The Labute approximate surface area is 100.0 Å². The van der Waals surface area contributed by atoms with Crippen LogP contribution < -0.4 is 0 Å². The Morgan fingerprint density at radius 1 is 1.53 bits per heavy atom. The number of ether oxygens (including phenoxy) is 1. The van der Waals surface area contributed by atoms with E-state index in [2.05, 4.69) is 10.3 Å². The number of hydrogen-bond acceptors (Lipinski definition) is 5. The summed E-state index contributed by atoms with van der Waals surface area (Å²) in [4.78, 5) is 13.4. The first-order chi connectivity index (χ1) is 8.27. The van der Waals surface area contributed by atoms with Crippen molar-refractivity contribution in [3.05, 3.63) is 12.4 Å². The third-order valence-corrected chi connectivity index (χ3v) is 2.31. The van der Waals surface area contributed by atoms with E-state index < -0.39 is 0 Å². The normalized spacial score (nSPS) is 10.5. The lowest BCUT2D eigenvalue weighted by Gasteiger charge is -2.21. The molecule has 17 heavy (non-hydrogen) atoms. The molecule has 1 amide bonds. The summed E-state index contributed by atoms with van der Waals surface area (Å²) in [7, 11) is 1.58. The fourth-order valence-electron chi connectivity index (χ4n) is 1.40. The van der Waals surface area contributed by atoms with Crippen molar-refractivity contribution in [2.75, 3.05) is 33.4 Å². The highest BCUT2D eigenvalue weighted by atomic mass is 16.5. The smallest absolute Gasteiger partial charge is 0.224 e. The van der Waals surface area contributed by atoms with E-state index in [1.807, 2.05) is 0 Å². The number of rotatable bonds is 8. The number of carbonyl (C=O) groups excluding carboxylic acids is 1. The molecule has 1 rings (SSSR count). The molecule has 0 spiro atoms. The average molecular weight is 242 g/mol. The van der Waals surface area contributed by atoms with Crippen molar-refractivity contribution < 1.29 is 14.6 Å². The maximum atomic E-state index is 11.8. The number of aliphatic hydroxyl groups is 1. The highest BCUT2D eigenvalue weighted by Crippen LogP contribution is 1.97. The number of aryl methyl sites for hydroxylation is 1.